The fraction of sp³-hybridized carbons (Fsp3) is 0.417. The van der Waals surface area contributed by atoms with E-state index in [-0.39, 0.29) is 0 Å². The van der Waals surface area contributed by atoms with Gasteiger partial charge in [0.25, 0.3) is 0 Å². The molecular weight excluding hydrogens is 218 g/mol. The number of benzene rings is 1. The molecule has 1 aromatic rings. The van der Waals surface area contributed by atoms with Gasteiger partial charge in [0.2, 0.25) is 0 Å². The van der Waals surface area contributed by atoms with Crippen molar-refractivity contribution in [3.8, 4) is 0 Å². The highest BCUT2D eigenvalue weighted by molar-refractivity contribution is 7.80. The van der Waals surface area contributed by atoms with Crippen molar-refractivity contribution in [2.75, 3.05) is 12.4 Å². The summed E-state index contributed by atoms with van der Waals surface area (Å²) in [6.07, 6.45) is 1.05. The van der Waals surface area contributed by atoms with Crippen LogP contribution in [0.3, 0.4) is 0 Å². The molecule has 1 aliphatic heterocycles. The van der Waals surface area contributed by atoms with Gasteiger partial charge in [0.1, 0.15) is 0 Å². The van der Waals surface area contributed by atoms with E-state index in [1.807, 2.05) is 7.05 Å². The predicted octanol–water partition coefficient (Wildman–Crippen LogP) is 2.03. The molecule has 2 atom stereocenters. The molecule has 3 nitrogen and oxygen atoms in total. The van der Waals surface area contributed by atoms with E-state index in [2.05, 4.69) is 47.1 Å². The van der Waals surface area contributed by atoms with Crippen LogP contribution in [0.5, 0.6) is 0 Å². The summed E-state index contributed by atoms with van der Waals surface area (Å²) in [5.74, 6) is 0. The van der Waals surface area contributed by atoms with Crippen LogP contribution < -0.4 is 16.0 Å². The normalized spacial score (nSPS) is 24.5. The van der Waals surface area contributed by atoms with Crippen LogP contribution in [-0.4, -0.2) is 18.2 Å². The Morgan fingerprint density at radius 2 is 1.94 bits per heavy atom. The minimum absolute atomic E-state index is 0.328. The first-order valence-electron chi connectivity index (χ1n) is 5.54. The van der Waals surface area contributed by atoms with Crippen molar-refractivity contribution in [2.45, 2.75) is 25.4 Å². The van der Waals surface area contributed by atoms with Crippen molar-refractivity contribution in [3.05, 3.63) is 29.8 Å². The molecule has 86 valence electrons. The zero-order valence-corrected chi connectivity index (χ0v) is 10.4. The van der Waals surface area contributed by atoms with Crippen LogP contribution in [0.25, 0.3) is 0 Å². The van der Waals surface area contributed by atoms with Crippen molar-refractivity contribution >= 4 is 23.0 Å². The van der Waals surface area contributed by atoms with Crippen molar-refractivity contribution in [3.63, 3.8) is 0 Å². The van der Waals surface area contributed by atoms with Crippen LogP contribution in [0.2, 0.25) is 0 Å². The number of thiocarbonyl (C=S) groups is 1. The highest BCUT2D eigenvalue weighted by atomic mass is 32.1. The van der Waals surface area contributed by atoms with Crippen LogP contribution in [0.4, 0.5) is 5.69 Å². The molecule has 1 heterocycles. The van der Waals surface area contributed by atoms with E-state index in [9.17, 15) is 0 Å². The lowest BCUT2D eigenvalue weighted by molar-refractivity contribution is 0.455. The summed E-state index contributed by atoms with van der Waals surface area (Å²) in [4.78, 5) is 0. The number of hydrogen-bond donors (Lipinski definition) is 3. The summed E-state index contributed by atoms with van der Waals surface area (Å²) in [5, 5.41) is 10.4. The van der Waals surface area contributed by atoms with Gasteiger partial charge >= 0.3 is 0 Å². The number of nitrogens with one attached hydrogen (secondary N) is 3. The molecule has 0 aromatic heterocycles. The Balaban J connectivity index is 2.13. The average Bonchev–Trinajstić information content (AvgIpc) is 2.28. The first-order valence-corrected chi connectivity index (χ1v) is 5.94. The molecule has 16 heavy (non-hydrogen) atoms. The average molecular weight is 235 g/mol. The van der Waals surface area contributed by atoms with E-state index in [0.717, 1.165) is 17.2 Å². The van der Waals surface area contributed by atoms with Gasteiger partial charge in [-0.15, -0.1) is 0 Å². The summed E-state index contributed by atoms with van der Waals surface area (Å²) in [6, 6.07) is 9.23. The summed E-state index contributed by atoms with van der Waals surface area (Å²) in [5.41, 5.74) is 2.42. The van der Waals surface area contributed by atoms with E-state index in [4.69, 9.17) is 12.2 Å². The van der Waals surface area contributed by atoms with Gasteiger partial charge in [0.15, 0.2) is 5.11 Å². The maximum Gasteiger partial charge on any atom is 0.166 e. The SMILES string of the molecule is CNc1ccc([C@H]2C[C@H](C)NC(=S)N2)cc1. The highest BCUT2D eigenvalue weighted by Gasteiger charge is 2.21. The maximum absolute atomic E-state index is 5.17. The smallest absolute Gasteiger partial charge is 0.166 e. The zero-order valence-electron chi connectivity index (χ0n) is 9.58. The Morgan fingerprint density at radius 3 is 2.50 bits per heavy atom. The molecule has 3 N–H and O–H groups in total. The van der Waals surface area contributed by atoms with Crippen molar-refractivity contribution in [1.29, 1.82) is 0 Å². The monoisotopic (exact) mass is 235 g/mol. The second-order valence-electron chi connectivity index (χ2n) is 4.18. The van der Waals surface area contributed by atoms with Crippen LogP contribution >= 0.6 is 12.2 Å². The number of anilines is 1. The van der Waals surface area contributed by atoms with Crippen molar-refractivity contribution in [2.24, 2.45) is 0 Å². The van der Waals surface area contributed by atoms with Crippen molar-refractivity contribution in [1.82, 2.24) is 10.6 Å². The van der Waals surface area contributed by atoms with E-state index in [1.165, 1.54) is 5.56 Å². The molecule has 4 heteroatoms. The zero-order chi connectivity index (χ0) is 11.5. The van der Waals surface area contributed by atoms with E-state index in [0.29, 0.717) is 12.1 Å². The Morgan fingerprint density at radius 1 is 1.25 bits per heavy atom. The Hall–Kier alpha value is -1.29. The Labute approximate surface area is 102 Å². The van der Waals surface area contributed by atoms with Crippen LogP contribution in [0.15, 0.2) is 24.3 Å². The fourth-order valence-corrected chi connectivity index (χ4v) is 2.34. The van der Waals surface area contributed by atoms with Gasteiger partial charge in [-0.25, -0.2) is 0 Å². The van der Waals surface area contributed by atoms with Crippen LogP contribution in [-0.2, 0) is 0 Å². The van der Waals surface area contributed by atoms with Gasteiger partial charge in [-0.2, -0.15) is 0 Å². The summed E-state index contributed by atoms with van der Waals surface area (Å²) < 4.78 is 0. The summed E-state index contributed by atoms with van der Waals surface area (Å²) >= 11 is 5.17. The lowest BCUT2D eigenvalue weighted by Gasteiger charge is -2.31. The van der Waals surface area contributed by atoms with Crippen molar-refractivity contribution < 1.29 is 0 Å². The molecule has 1 saturated heterocycles. The quantitative estimate of drug-likeness (QED) is 0.686. The summed E-state index contributed by atoms with van der Waals surface area (Å²) in [6.45, 7) is 2.15. The van der Waals surface area contributed by atoms with E-state index >= 15 is 0 Å². The van der Waals surface area contributed by atoms with Gasteiger partial charge in [-0.3, -0.25) is 0 Å². The molecule has 0 unspecified atom stereocenters. The molecule has 1 aromatic carbocycles. The first kappa shape index (κ1) is 11.2. The minimum atomic E-state index is 0.328. The lowest BCUT2D eigenvalue weighted by Crippen LogP contribution is -2.49. The Kier molecular flexibility index (Phi) is 3.29. The van der Waals surface area contributed by atoms with Gasteiger partial charge in [0, 0.05) is 18.8 Å². The topological polar surface area (TPSA) is 36.1 Å². The molecule has 0 spiro atoms. The first-order chi connectivity index (χ1) is 7.69. The second kappa shape index (κ2) is 4.70. The third kappa shape index (κ3) is 2.44. The third-order valence-electron chi connectivity index (χ3n) is 2.87. The molecule has 2 rings (SSSR count). The fourth-order valence-electron chi connectivity index (χ4n) is 2.00. The predicted molar refractivity (Wildman–Crippen MR) is 71.7 cm³/mol. The van der Waals surface area contributed by atoms with E-state index < -0.39 is 0 Å². The van der Waals surface area contributed by atoms with Crippen LogP contribution in [0, 0.1) is 0 Å². The molecule has 1 fully saturated rings. The molecule has 0 saturated carbocycles. The van der Waals surface area contributed by atoms with Gasteiger partial charge in [0.05, 0.1) is 6.04 Å². The standard InChI is InChI=1S/C12H17N3S/c1-8-7-11(15-12(16)14-8)9-3-5-10(13-2)6-4-9/h3-6,8,11,13H,7H2,1-2H3,(H2,14,15,16)/t8-,11+/m0/s1. The molecule has 0 amide bonds. The molecule has 0 aliphatic carbocycles. The third-order valence-corrected chi connectivity index (χ3v) is 3.11. The minimum Gasteiger partial charge on any atom is -0.388 e. The highest BCUT2D eigenvalue weighted by Crippen LogP contribution is 2.22. The molecular formula is C12H17N3S. The lowest BCUT2D eigenvalue weighted by atomic mass is 9.98. The van der Waals surface area contributed by atoms with Gasteiger partial charge < -0.3 is 16.0 Å². The van der Waals surface area contributed by atoms with E-state index in [1.54, 1.807) is 0 Å². The van der Waals surface area contributed by atoms with Gasteiger partial charge in [-0.1, -0.05) is 12.1 Å². The second-order valence-corrected chi connectivity index (χ2v) is 4.59. The maximum atomic E-state index is 5.17. The number of rotatable bonds is 2. The molecule has 1 aliphatic rings. The summed E-state index contributed by atoms with van der Waals surface area (Å²) in [7, 11) is 1.93. The van der Waals surface area contributed by atoms with Gasteiger partial charge in [-0.05, 0) is 43.3 Å². The molecule has 0 bridgehead atoms. The Bertz CT molecular complexity index is 374. The number of hydrogen-bond acceptors (Lipinski definition) is 2. The largest absolute Gasteiger partial charge is 0.388 e. The van der Waals surface area contributed by atoms with Crippen LogP contribution in [0.1, 0.15) is 24.9 Å². The molecule has 0 radical (unpaired) electrons.